The van der Waals surface area contributed by atoms with Gasteiger partial charge in [-0.3, -0.25) is 14.4 Å². The van der Waals surface area contributed by atoms with Crippen LogP contribution in [0.3, 0.4) is 0 Å². The van der Waals surface area contributed by atoms with Crippen LogP contribution < -0.4 is 5.32 Å². The number of nitrogens with one attached hydrogen (secondary N) is 1. The molecule has 1 aromatic heterocycles. The van der Waals surface area contributed by atoms with E-state index >= 15 is 0 Å². The van der Waals surface area contributed by atoms with Crippen LogP contribution in [0.25, 0.3) is 11.4 Å². The second-order valence-electron chi connectivity index (χ2n) is 6.61. The van der Waals surface area contributed by atoms with E-state index in [0.29, 0.717) is 11.4 Å². The summed E-state index contributed by atoms with van der Waals surface area (Å²) in [5.41, 5.74) is 1.20. The van der Waals surface area contributed by atoms with Crippen molar-refractivity contribution in [1.29, 1.82) is 0 Å². The maximum Gasteiger partial charge on any atom is 0.303 e. The van der Waals surface area contributed by atoms with Crippen LogP contribution in [0.4, 0.5) is 0 Å². The van der Waals surface area contributed by atoms with Crippen molar-refractivity contribution in [3.8, 4) is 11.4 Å². The zero-order valence-electron chi connectivity index (χ0n) is 17.0. The van der Waals surface area contributed by atoms with E-state index < -0.39 is 15.8 Å². The first-order valence-corrected chi connectivity index (χ1v) is 11.4. The molecule has 1 aromatic carbocycles. The molecule has 2 N–H and O–H groups in total. The summed E-state index contributed by atoms with van der Waals surface area (Å²) in [4.78, 5) is 43.4. The van der Waals surface area contributed by atoms with Gasteiger partial charge in [-0.15, -0.1) is 0 Å². The average molecular weight is 465 g/mol. The zero-order chi connectivity index (χ0) is 22.9. The van der Waals surface area contributed by atoms with Crippen molar-refractivity contribution in [1.82, 2.24) is 20.2 Å². The van der Waals surface area contributed by atoms with E-state index in [2.05, 4.69) is 15.3 Å². The van der Waals surface area contributed by atoms with Crippen molar-refractivity contribution in [2.45, 2.75) is 20.8 Å². The van der Waals surface area contributed by atoms with Gasteiger partial charge in [0.2, 0.25) is 5.91 Å². The van der Waals surface area contributed by atoms with E-state index in [1.807, 2.05) is 0 Å². The van der Waals surface area contributed by atoms with Gasteiger partial charge in [0.15, 0.2) is 15.7 Å². The summed E-state index contributed by atoms with van der Waals surface area (Å²) in [7, 11) is -3.04. The number of carboxylic acid groups (broad SMARTS) is 1. The number of hydrogen-bond acceptors (Lipinski definition) is 7. The number of aromatic nitrogens is 2. The average Bonchev–Trinajstić information content (AvgIpc) is 2.78. The van der Waals surface area contributed by atoms with E-state index in [1.54, 1.807) is 49.6 Å². The van der Waals surface area contributed by atoms with Gasteiger partial charge in [-0.05, 0) is 18.2 Å². The van der Waals surface area contributed by atoms with Gasteiger partial charge in [0.25, 0.3) is 5.91 Å². The summed E-state index contributed by atoms with van der Waals surface area (Å²) in [6, 6.07) is 8.47. The first-order valence-electron chi connectivity index (χ1n) is 9.57. The van der Waals surface area contributed by atoms with E-state index in [-0.39, 0.29) is 56.8 Å². The molecule has 0 spiro atoms. The highest BCUT2D eigenvalue weighted by molar-refractivity contribution is 7.91. The molecule has 0 saturated carbocycles. The molecule has 0 atom stereocenters. The van der Waals surface area contributed by atoms with Crippen LogP contribution in [0.15, 0.2) is 42.7 Å². The largest absolute Gasteiger partial charge is 0.481 e. The number of carbonyl (C=O) groups is 3. The van der Waals surface area contributed by atoms with Crippen molar-refractivity contribution < 1.29 is 27.9 Å². The van der Waals surface area contributed by atoms with Gasteiger partial charge in [-0.2, -0.15) is 0 Å². The summed E-state index contributed by atoms with van der Waals surface area (Å²) < 4.78 is 22.8. The minimum absolute atomic E-state index is 0. The molecule has 1 aliphatic rings. The van der Waals surface area contributed by atoms with Gasteiger partial charge in [-0.1, -0.05) is 26.5 Å². The first kappa shape index (κ1) is 26.7. The summed E-state index contributed by atoms with van der Waals surface area (Å²) in [5.74, 6) is -0.906. The SMILES string of the molecule is C.CCC(=O)O.O=C(NCC(=O)N1CCS(=O)(=O)CC1)c1ccc(-c2ncccn2)cc1. The highest BCUT2D eigenvalue weighted by Crippen LogP contribution is 2.14. The standard InChI is InChI=1S/C17H18N4O4S.C3H6O2.CH4/c22-15(21-8-10-26(24,25)11-9-21)12-20-17(23)14-4-2-13(3-5-14)16-18-6-1-7-19-16;1-2-3(4)5;/h1-7H,8-12H2,(H,20,23);2H2,1H3,(H,4,5);1H4. The lowest BCUT2D eigenvalue weighted by atomic mass is 10.1. The molecular formula is C21H28N4O6S. The van der Waals surface area contributed by atoms with Crippen molar-refractivity contribution >= 4 is 27.6 Å². The predicted octanol–water partition coefficient (Wildman–Crippen LogP) is 1.25. The molecule has 1 saturated heterocycles. The van der Waals surface area contributed by atoms with Crippen LogP contribution in [0.5, 0.6) is 0 Å². The van der Waals surface area contributed by atoms with E-state index in [0.717, 1.165) is 5.56 Å². The summed E-state index contributed by atoms with van der Waals surface area (Å²) in [6.45, 7) is 1.77. The predicted molar refractivity (Wildman–Crippen MR) is 120 cm³/mol. The number of aliphatic carboxylic acids is 1. The number of nitrogens with zero attached hydrogens (tertiary/aromatic N) is 3. The first-order chi connectivity index (χ1) is 14.7. The van der Waals surface area contributed by atoms with Crippen LogP contribution in [-0.4, -0.2) is 77.3 Å². The van der Waals surface area contributed by atoms with Gasteiger partial charge in [0.1, 0.15) is 0 Å². The molecular weight excluding hydrogens is 436 g/mol. The molecule has 0 unspecified atom stereocenters. The summed E-state index contributed by atoms with van der Waals surface area (Å²) >= 11 is 0. The van der Waals surface area contributed by atoms with E-state index in [4.69, 9.17) is 5.11 Å². The monoisotopic (exact) mass is 464 g/mol. The Morgan fingerprint density at radius 3 is 2.09 bits per heavy atom. The number of carboxylic acids is 1. The minimum Gasteiger partial charge on any atom is -0.481 e. The molecule has 0 bridgehead atoms. The number of amides is 2. The van der Waals surface area contributed by atoms with E-state index in [9.17, 15) is 22.8 Å². The highest BCUT2D eigenvalue weighted by atomic mass is 32.2. The fourth-order valence-corrected chi connectivity index (χ4v) is 3.75. The Bertz CT molecular complexity index is 996. The quantitative estimate of drug-likeness (QED) is 0.672. The van der Waals surface area contributed by atoms with Gasteiger partial charge in [-0.25, -0.2) is 18.4 Å². The molecule has 11 heteroatoms. The second-order valence-corrected chi connectivity index (χ2v) is 8.92. The van der Waals surface area contributed by atoms with Crippen LogP contribution in [0, 0.1) is 0 Å². The molecule has 0 radical (unpaired) electrons. The third kappa shape index (κ3) is 8.42. The molecule has 1 aliphatic heterocycles. The summed E-state index contributed by atoms with van der Waals surface area (Å²) in [5, 5.41) is 10.3. The molecule has 10 nitrogen and oxygen atoms in total. The zero-order valence-corrected chi connectivity index (χ0v) is 17.8. The van der Waals surface area contributed by atoms with Gasteiger partial charge in [0.05, 0.1) is 18.1 Å². The maximum absolute atomic E-state index is 12.2. The Hall–Kier alpha value is -3.34. The van der Waals surface area contributed by atoms with Crippen LogP contribution >= 0.6 is 0 Å². The van der Waals surface area contributed by atoms with Gasteiger partial charge in [0, 0.05) is 43.0 Å². The smallest absolute Gasteiger partial charge is 0.303 e. The van der Waals surface area contributed by atoms with E-state index in [1.165, 1.54) is 4.90 Å². The Kier molecular flexibility index (Phi) is 10.4. The second kappa shape index (κ2) is 12.5. The number of rotatable bonds is 5. The number of benzene rings is 1. The molecule has 174 valence electrons. The fraction of sp³-hybridized carbons (Fsp3) is 0.381. The Labute approximate surface area is 187 Å². The third-order valence-electron chi connectivity index (χ3n) is 4.37. The normalized spacial score (nSPS) is 14.2. The Morgan fingerprint density at radius 1 is 1.06 bits per heavy atom. The lowest BCUT2D eigenvalue weighted by Gasteiger charge is -2.26. The number of carbonyl (C=O) groups excluding carboxylic acids is 2. The van der Waals surface area contributed by atoms with Crippen molar-refractivity contribution in [3.63, 3.8) is 0 Å². The van der Waals surface area contributed by atoms with Gasteiger partial charge >= 0.3 is 5.97 Å². The minimum atomic E-state index is -3.04. The van der Waals surface area contributed by atoms with Crippen molar-refractivity contribution in [3.05, 3.63) is 48.3 Å². The summed E-state index contributed by atoms with van der Waals surface area (Å²) in [6.07, 6.45) is 3.50. The molecule has 1 fully saturated rings. The highest BCUT2D eigenvalue weighted by Gasteiger charge is 2.25. The number of sulfone groups is 1. The molecule has 0 aliphatic carbocycles. The molecule has 2 heterocycles. The lowest BCUT2D eigenvalue weighted by molar-refractivity contribution is -0.136. The molecule has 2 amide bonds. The lowest BCUT2D eigenvalue weighted by Crippen LogP contribution is -2.47. The third-order valence-corrected chi connectivity index (χ3v) is 5.98. The van der Waals surface area contributed by atoms with Crippen LogP contribution in [0.2, 0.25) is 0 Å². The van der Waals surface area contributed by atoms with Crippen LogP contribution in [0.1, 0.15) is 31.1 Å². The number of hydrogen-bond donors (Lipinski definition) is 2. The van der Waals surface area contributed by atoms with Crippen molar-refractivity contribution in [2.24, 2.45) is 0 Å². The topological polar surface area (TPSA) is 147 Å². The Balaban J connectivity index is 0.000000770. The molecule has 2 aromatic rings. The Morgan fingerprint density at radius 2 is 1.59 bits per heavy atom. The van der Waals surface area contributed by atoms with Crippen molar-refractivity contribution in [2.75, 3.05) is 31.1 Å². The van der Waals surface area contributed by atoms with Gasteiger partial charge < -0.3 is 15.3 Å². The maximum atomic E-state index is 12.2. The molecule has 3 rings (SSSR count). The molecule has 32 heavy (non-hydrogen) atoms. The fourth-order valence-electron chi connectivity index (χ4n) is 2.55. The van der Waals surface area contributed by atoms with Crippen LogP contribution in [-0.2, 0) is 19.4 Å².